The lowest BCUT2D eigenvalue weighted by molar-refractivity contribution is 0.0275. The van der Waals surface area contributed by atoms with Crippen LogP contribution in [0.5, 0.6) is 0 Å². The number of carbonyl (C=O) groups is 2. The minimum absolute atomic E-state index is 0.151. The highest BCUT2D eigenvalue weighted by molar-refractivity contribution is 5.96. The molecule has 1 atom stereocenters. The monoisotopic (exact) mass is 343 g/mol. The number of alkyl carbamates (subject to hydrolysis) is 1. The van der Waals surface area contributed by atoms with E-state index >= 15 is 0 Å². The van der Waals surface area contributed by atoms with Crippen molar-refractivity contribution in [1.82, 2.24) is 10.2 Å². The fourth-order valence-corrected chi connectivity index (χ4v) is 2.29. The van der Waals surface area contributed by atoms with Crippen LogP contribution in [0.25, 0.3) is 0 Å². The number of oxime groups is 1. The second kappa shape index (κ2) is 6.86. The number of likely N-dealkylation sites (tertiary alicyclic amines) is 1. The molecule has 138 valence electrons. The highest BCUT2D eigenvalue weighted by Gasteiger charge is 2.44. The zero-order valence-electron chi connectivity index (χ0n) is 15.6. The fourth-order valence-electron chi connectivity index (χ4n) is 2.29. The first-order valence-electron chi connectivity index (χ1n) is 7.92. The van der Waals surface area contributed by atoms with Crippen LogP contribution in [0.3, 0.4) is 0 Å². The highest BCUT2D eigenvalue weighted by Crippen LogP contribution is 2.28. The van der Waals surface area contributed by atoms with Crippen LogP contribution in [-0.4, -0.2) is 58.8 Å². The average Bonchev–Trinajstić information content (AvgIpc) is 2.70. The van der Waals surface area contributed by atoms with Gasteiger partial charge in [0.1, 0.15) is 11.2 Å². The maximum Gasteiger partial charge on any atom is 0.410 e. The van der Waals surface area contributed by atoms with E-state index < -0.39 is 28.8 Å². The SMILES string of the molecule is CC(C)(C)OC(=O)NCC1(C)CN(C(=O)OC(C)(C)C)C/C1=N\O. The van der Waals surface area contributed by atoms with Gasteiger partial charge in [-0.1, -0.05) is 12.1 Å². The summed E-state index contributed by atoms with van der Waals surface area (Å²) in [6.07, 6.45) is -1.04. The lowest BCUT2D eigenvalue weighted by Gasteiger charge is -2.27. The summed E-state index contributed by atoms with van der Waals surface area (Å²) in [6.45, 7) is 13.1. The van der Waals surface area contributed by atoms with Crippen molar-refractivity contribution in [2.75, 3.05) is 19.6 Å². The Morgan fingerprint density at radius 3 is 2.21 bits per heavy atom. The molecule has 1 heterocycles. The Hall–Kier alpha value is -1.99. The number of carbonyl (C=O) groups excluding carboxylic acids is 2. The number of rotatable bonds is 2. The van der Waals surface area contributed by atoms with Gasteiger partial charge in [-0.05, 0) is 41.5 Å². The third kappa shape index (κ3) is 5.90. The molecule has 8 heteroatoms. The summed E-state index contributed by atoms with van der Waals surface area (Å²) in [5.74, 6) is 0. The lowest BCUT2D eigenvalue weighted by Crippen LogP contribution is -2.43. The van der Waals surface area contributed by atoms with Crippen molar-refractivity contribution in [2.45, 2.75) is 59.7 Å². The van der Waals surface area contributed by atoms with Gasteiger partial charge in [-0.3, -0.25) is 0 Å². The van der Waals surface area contributed by atoms with E-state index in [-0.39, 0.29) is 19.6 Å². The first kappa shape index (κ1) is 20.1. The van der Waals surface area contributed by atoms with Crippen LogP contribution in [-0.2, 0) is 9.47 Å². The molecule has 1 aliphatic heterocycles. The summed E-state index contributed by atoms with van der Waals surface area (Å²) in [7, 11) is 0. The summed E-state index contributed by atoms with van der Waals surface area (Å²) in [4.78, 5) is 25.5. The van der Waals surface area contributed by atoms with Gasteiger partial charge >= 0.3 is 12.2 Å². The van der Waals surface area contributed by atoms with Crippen LogP contribution >= 0.6 is 0 Å². The molecule has 1 fully saturated rings. The third-order valence-corrected chi connectivity index (χ3v) is 3.37. The van der Waals surface area contributed by atoms with Crippen molar-refractivity contribution in [3.8, 4) is 0 Å². The topological polar surface area (TPSA) is 100 Å². The van der Waals surface area contributed by atoms with Crippen molar-refractivity contribution >= 4 is 17.9 Å². The maximum atomic E-state index is 12.2. The maximum absolute atomic E-state index is 12.2. The lowest BCUT2D eigenvalue weighted by atomic mass is 9.88. The number of nitrogens with zero attached hydrogens (tertiary/aromatic N) is 2. The molecular formula is C16H29N3O5. The minimum Gasteiger partial charge on any atom is -0.444 e. The Morgan fingerprint density at radius 2 is 1.75 bits per heavy atom. The highest BCUT2D eigenvalue weighted by atomic mass is 16.6. The second-order valence-electron chi connectivity index (χ2n) is 8.30. The summed E-state index contributed by atoms with van der Waals surface area (Å²) in [5, 5.41) is 15.2. The summed E-state index contributed by atoms with van der Waals surface area (Å²) >= 11 is 0. The van der Waals surface area contributed by atoms with Gasteiger partial charge in [0.15, 0.2) is 0 Å². The molecule has 8 nitrogen and oxygen atoms in total. The molecule has 0 aliphatic carbocycles. The molecule has 0 bridgehead atoms. The van der Waals surface area contributed by atoms with Crippen molar-refractivity contribution in [2.24, 2.45) is 10.6 Å². The van der Waals surface area contributed by atoms with E-state index in [0.29, 0.717) is 5.71 Å². The number of ether oxygens (including phenoxy) is 2. The molecule has 0 radical (unpaired) electrons. The van der Waals surface area contributed by atoms with Crippen LogP contribution in [0.4, 0.5) is 9.59 Å². The predicted octanol–water partition coefficient (Wildman–Crippen LogP) is 2.60. The van der Waals surface area contributed by atoms with E-state index in [4.69, 9.17) is 9.47 Å². The Bertz CT molecular complexity index is 519. The summed E-state index contributed by atoms with van der Waals surface area (Å²) in [5.41, 5.74) is -1.49. The molecule has 0 spiro atoms. The van der Waals surface area contributed by atoms with Crippen molar-refractivity contribution in [3.05, 3.63) is 0 Å². The van der Waals surface area contributed by atoms with Gasteiger partial charge in [0.05, 0.1) is 12.3 Å². The zero-order valence-corrected chi connectivity index (χ0v) is 15.6. The van der Waals surface area contributed by atoms with Gasteiger partial charge in [-0.15, -0.1) is 0 Å². The Morgan fingerprint density at radius 1 is 1.21 bits per heavy atom. The van der Waals surface area contributed by atoms with Crippen LogP contribution in [0.1, 0.15) is 48.5 Å². The molecule has 2 N–H and O–H groups in total. The molecule has 0 aromatic heterocycles. The second-order valence-corrected chi connectivity index (χ2v) is 8.30. The zero-order chi connectivity index (χ0) is 18.8. The Labute approximate surface area is 143 Å². The summed E-state index contributed by atoms with van der Waals surface area (Å²) < 4.78 is 10.5. The first-order chi connectivity index (χ1) is 10.8. The Kier molecular flexibility index (Phi) is 5.74. The molecule has 1 rings (SSSR count). The van der Waals surface area contributed by atoms with E-state index in [0.717, 1.165) is 0 Å². The van der Waals surface area contributed by atoms with Crippen molar-refractivity contribution < 1.29 is 24.3 Å². The average molecular weight is 343 g/mol. The molecule has 0 saturated carbocycles. The van der Waals surface area contributed by atoms with E-state index in [1.54, 1.807) is 41.5 Å². The quantitative estimate of drug-likeness (QED) is 0.593. The van der Waals surface area contributed by atoms with E-state index in [9.17, 15) is 14.8 Å². The summed E-state index contributed by atoms with van der Waals surface area (Å²) in [6, 6.07) is 0. The standard InChI is InChI=1S/C16H29N3O5/c1-14(2,3)23-12(20)17-9-16(7)10-19(8-11(16)18-22)13(21)24-15(4,5)6/h22H,8-10H2,1-7H3,(H,17,20)/b18-11+. The molecule has 0 aromatic carbocycles. The van der Waals surface area contributed by atoms with E-state index in [1.807, 2.05) is 6.92 Å². The molecule has 24 heavy (non-hydrogen) atoms. The van der Waals surface area contributed by atoms with Crippen LogP contribution in [0.2, 0.25) is 0 Å². The number of hydrogen-bond donors (Lipinski definition) is 2. The van der Waals surface area contributed by atoms with Gasteiger partial charge in [0.2, 0.25) is 0 Å². The van der Waals surface area contributed by atoms with Gasteiger partial charge in [-0.2, -0.15) is 0 Å². The number of nitrogens with one attached hydrogen (secondary N) is 1. The van der Waals surface area contributed by atoms with Crippen molar-refractivity contribution in [3.63, 3.8) is 0 Å². The number of hydrogen-bond acceptors (Lipinski definition) is 6. The molecular weight excluding hydrogens is 314 g/mol. The number of amides is 2. The fraction of sp³-hybridized carbons (Fsp3) is 0.812. The largest absolute Gasteiger partial charge is 0.444 e. The van der Waals surface area contributed by atoms with Crippen molar-refractivity contribution in [1.29, 1.82) is 0 Å². The van der Waals surface area contributed by atoms with Gasteiger partial charge in [-0.25, -0.2) is 9.59 Å². The molecule has 1 aliphatic rings. The molecule has 0 aromatic rings. The van der Waals surface area contributed by atoms with Gasteiger partial charge < -0.3 is 24.9 Å². The van der Waals surface area contributed by atoms with Crippen LogP contribution < -0.4 is 5.32 Å². The van der Waals surface area contributed by atoms with E-state index in [1.165, 1.54) is 4.90 Å². The van der Waals surface area contributed by atoms with Crippen LogP contribution in [0.15, 0.2) is 5.16 Å². The minimum atomic E-state index is -0.692. The third-order valence-electron chi connectivity index (χ3n) is 3.37. The van der Waals surface area contributed by atoms with Gasteiger partial charge in [0, 0.05) is 18.5 Å². The molecule has 1 saturated heterocycles. The normalized spacial score (nSPS) is 23.3. The smallest absolute Gasteiger partial charge is 0.410 e. The Balaban J connectivity index is 2.72. The molecule has 2 amide bonds. The first-order valence-corrected chi connectivity index (χ1v) is 7.92. The van der Waals surface area contributed by atoms with Crippen LogP contribution in [0, 0.1) is 5.41 Å². The molecule has 1 unspecified atom stereocenters. The van der Waals surface area contributed by atoms with Gasteiger partial charge in [0.25, 0.3) is 0 Å². The predicted molar refractivity (Wildman–Crippen MR) is 89.4 cm³/mol. The van der Waals surface area contributed by atoms with E-state index in [2.05, 4.69) is 10.5 Å².